The van der Waals surface area contributed by atoms with Crippen molar-refractivity contribution in [2.45, 2.75) is 25.0 Å². The highest BCUT2D eigenvalue weighted by molar-refractivity contribution is 5.93. The van der Waals surface area contributed by atoms with Gasteiger partial charge in [-0.1, -0.05) is 41.6 Å². The lowest BCUT2D eigenvalue weighted by Gasteiger charge is -2.38. The molecule has 1 amide bonds. The third-order valence-corrected chi connectivity index (χ3v) is 5.04. The van der Waals surface area contributed by atoms with Crippen LogP contribution in [0, 0.1) is 5.92 Å². The van der Waals surface area contributed by atoms with Crippen LogP contribution in [0.15, 0.2) is 59.3 Å². The van der Waals surface area contributed by atoms with Crippen molar-refractivity contribution in [2.24, 2.45) is 5.92 Å². The molecule has 0 unspecified atom stereocenters. The molecule has 0 bridgehead atoms. The number of carbonyl (C=O) groups excluding carboxylic acids is 1. The zero-order valence-corrected chi connectivity index (χ0v) is 15.4. The van der Waals surface area contributed by atoms with Crippen molar-refractivity contribution in [1.82, 2.24) is 15.5 Å². The fourth-order valence-corrected chi connectivity index (χ4v) is 3.41. The molecule has 1 aromatic carbocycles. The maximum absolute atomic E-state index is 12.8. The van der Waals surface area contributed by atoms with Crippen molar-refractivity contribution in [2.75, 3.05) is 7.11 Å². The van der Waals surface area contributed by atoms with E-state index in [1.165, 1.54) is 0 Å². The van der Waals surface area contributed by atoms with Crippen molar-refractivity contribution >= 4 is 5.91 Å². The van der Waals surface area contributed by atoms with E-state index in [1.54, 1.807) is 25.4 Å². The zero-order valence-electron chi connectivity index (χ0n) is 15.4. The van der Waals surface area contributed by atoms with E-state index in [2.05, 4.69) is 15.5 Å². The molecular formula is C21H21N3O4. The van der Waals surface area contributed by atoms with Crippen LogP contribution in [0.3, 0.4) is 0 Å². The fraction of sp³-hybridized carbons (Fsp3) is 0.286. The number of nitrogens with zero attached hydrogens (tertiary/aromatic N) is 2. The Bertz CT molecular complexity index is 934. The van der Waals surface area contributed by atoms with Crippen LogP contribution in [-0.4, -0.2) is 34.4 Å². The lowest BCUT2D eigenvalue weighted by Crippen LogP contribution is -2.41. The Labute approximate surface area is 162 Å². The molecule has 1 fully saturated rings. The number of nitrogens with one attached hydrogen (secondary N) is 1. The number of rotatable bonds is 6. The third kappa shape index (κ3) is 3.75. The van der Waals surface area contributed by atoms with Gasteiger partial charge in [-0.05, 0) is 24.3 Å². The van der Waals surface area contributed by atoms with Crippen molar-refractivity contribution in [3.05, 3.63) is 66.0 Å². The number of hydrogen-bond donors (Lipinski definition) is 2. The summed E-state index contributed by atoms with van der Waals surface area (Å²) in [6.07, 6.45) is 2.62. The van der Waals surface area contributed by atoms with Gasteiger partial charge in [-0.25, -0.2) is 4.98 Å². The summed E-state index contributed by atoms with van der Waals surface area (Å²) in [7, 11) is 1.55. The van der Waals surface area contributed by atoms with Crippen LogP contribution in [0.2, 0.25) is 0 Å². The SMILES string of the molecule is COc1ccc([C@H](NC(=O)c2cc(-c3ccccc3)on2)C2CC(O)C2)cn1. The van der Waals surface area contributed by atoms with Crippen LogP contribution in [-0.2, 0) is 0 Å². The molecule has 2 aromatic heterocycles. The Kier molecular flexibility index (Phi) is 5.08. The second-order valence-electron chi connectivity index (χ2n) is 6.91. The molecular weight excluding hydrogens is 358 g/mol. The van der Waals surface area contributed by atoms with Gasteiger partial charge in [0, 0.05) is 23.9 Å². The molecule has 7 heteroatoms. The number of carbonyl (C=O) groups is 1. The molecule has 2 N–H and O–H groups in total. The normalized spacial score (nSPS) is 19.5. The van der Waals surface area contributed by atoms with Crippen LogP contribution >= 0.6 is 0 Å². The highest BCUT2D eigenvalue weighted by Gasteiger charge is 2.36. The minimum atomic E-state index is -0.327. The molecule has 1 aliphatic carbocycles. The molecule has 1 saturated carbocycles. The van der Waals surface area contributed by atoms with E-state index < -0.39 is 0 Å². The van der Waals surface area contributed by atoms with Gasteiger partial charge in [0.05, 0.1) is 19.3 Å². The molecule has 0 aliphatic heterocycles. The first-order valence-corrected chi connectivity index (χ1v) is 9.15. The minimum Gasteiger partial charge on any atom is -0.481 e. The summed E-state index contributed by atoms with van der Waals surface area (Å²) in [6, 6.07) is 14.5. The van der Waals surface area contributed by atoms with Gasteiger partial charge in [-0.2, -0.15) is 0 Å². The number of pyridine rings is 1. The Hall–Kier alpha value is -3.19. The Morgan fingerprint density at radius 3 is 2.68 bits per heavy atom. The molecule has 0 saturated heterocycles. The predicted molar refractivity (Wildman–Crippen MR) is 102 cm³/mol. The minimum absolute atomic E-state index is 0.134. The van der Waals surface area contributed by atoms with Gasteiger partial charge in [0.25, 0.3) is 5.91 Å². The Morgan fingerprint density at radius 1 is 1.25 bits per heavy atom. The number of ether oxygens (including phenoxy) is 1. The number of aromatic nitrogens is 2. The molecule has 1 atom stereocenters. The van der Waals surface area contributed by atoms with Crippen molar-refractivity contribution in [1.29, 1.82) is 0 Å². The molecule has 28 heavy (non-hydrogen) atoms. The van der Waals surface area contributed by atoms with E-state index in [1.807, 2.05) is 36.4 Å². The summed E-state index contributed by atoms with van der Waals surface area (Å²) >= 11 is 0. The number of benzene rings is 1. The smallest absolute Gasteiger partial charge is 0.273 e. The number of amides is 1. The van der Waals surface area contributed by atoms with Crippen LogP contribution in [0.25, 0.3) is 11.3 Å². The van der Waals surface area contributed by atoms with E-state index in [4.69, 9.17) is 9.26 Å². The first kappa shape index (κ1) is 18.2. The molecule has 7 nitrogen and oxygen atoms in total. The van der Waals surface area contributed by atoms with Crippen LogP contribution in [0.5, 0.6) is 5.88 Å². The molecule has 2 heterocycles. The van der Waals surface area contributed by atoms with Gasteiger partial charge in [0.15, 0.2) is 11.5 Å². The molecule has 1 aliphatic rings. The third-order valence-electron chi connectivity index (χ3n) is 5.04. The maximum Gasteiger partial charge on any atom is 0.273 e. The van der Waals surface area contributed by atoms with Crippen LogP contribution in [0.4, 0.5) is 0 Å². The van der Waals surface area contributed by atoms with Gasteiger partial charge >= 0.3 is 0 Å². The zero-order chi connectivity index (χ0) is 19.5. The highest BCUT2D eigenvalue weighted by Crippen LogP contribution is 2.38. The molecule has 0 spiro atoms. The Morgan fingerprint density at radius 2 is 2.04 bits per heavy atom. The summed E-state index contributed by atoms with van der Waals surface area (Å²) in [6.45, 7) is 0. The first-order valence-electron chi connectivity index (χ1n) is 9.15. The number of methoxy groups -OCH3 is 1. The van der Waals surface area contributed by atoms with E-state index in [0.29, 0.717) is 24.5 Å². The molecule has 4 rings (SSSR count). The first-order chi connectivity index (χ1) is 13.6. The number of aliphatic hydroxyl groups is 1. The second-order valence-corrected chi connectivity index (χ2v) is 6.91. The number of hydrogen-bond acceptors (Lipinski definition) is 6. The van der Waals surface area contributed by atoms with E-state index in [0.717, 1.165) is 11.1 Å². The van der Waals surface area contributed by atoms with E-state index >= 15 is 0 Å². The molecule has 0 radical (unpaired) electrons. The summed E-state index contributed by atoms with van der Waals surface area (Å²) in [5.74, 6) is 0.849. The van der Waals surface area contributed by atoms with Crippen LogP contribution in [0.1, 0.15) is 34.9 Å². The van der Waals surface area contributed by atoms with Gasteiger partial charge in [-0.3, -0.25) is 4.79 Å². The average molecular weight is 379 g/mol. The maximum atomic E-state index is 12.8. The Balaban J connectivity index is 1.53. The van der Waals surface area contributed by atoms with E-state index in [9.17, 15) is 9.90 Å². The monoisotopic (exact) mass is 379 g/mol. The summed E-state index contributed by atoms with van der Waals surface area (Å²) < 4.78 is 10.4. The van der Waals surface area contributed by atoms with E-state index in [-0.39, 0.29) is 29.7 Å². The standard InChI is InChI=1S/C21H21N3O4/c1-27-19-8-7-14(12-22-19)20(15-9-16(25)10-15)23-21(26)17-11-18(28-24-17)13-5-3-2-4-6-13/h2-8,11-12,15-16,20,25H,9-10H2,1H3,(H,23,26)/t15?,16?,20-/m0/s1. The van der Waals surface area contributed by atoms with Crippen molar-refractivity contribution in [3.63, 3.8) is 0 Å². The second kappa shape index (κ2) is 7.82. The van der Waals surface area contributed by atoms with Gasteiger partial charge in [0.2, 0.25) is 5.88 Å². The quantitative estimate of drug-likeness (QED) is 0.683. The van der Waals surface area contributed by atoms with Crippen molar-refractivity contribution in [3.8, 4) is 17.2 Å². The lowest BCUT2D eigenvalue weighted by molar-refractivity contribution is 0.0233. The van der Waals surface area contributed by atoms with Gasteiger partial charge in [-0.15, -0.1) is 0 Å². The summed E-state index contributed by atoms with van der Waals surface area (Å²) in [5, 5.41) is 16.6. The number of aliphatic hydroxyl groups excluding tert-OH is 1. The van der Waals surface area contributed by atoms with Gasteiger partial charge < -0.3 is 19.7 Å². The summed E-state index contributed by atoms with van der Waals surface area (Å²) in [4.78, 5) is 17.0. The molecule has 3 aromatic rings. The van der Waals surface area contributed by atoms with Crippen molar-refractivity contribution < 1.29 is 19.2 Å². The largest absolute Gasteiger partial charge is 0.481 e. The molecule has 144 valence electrons. The predicted octanol–water partition coefficient (Wildman–Crippen LogP) is 2.99. The van der Waals surface area contributed by atoms with Crippen LogP contribution < -0.4 is 10.1 Å². The highest BCUT2D eigenvalue weighted by atomic mass is 16.5. The summed E-state index contributed by atoms with van der Waals surface area (Å²) in [5.41, 5.74) is 1.93. The van der Waals surface area contributed by atoms with Gasteiger partial charge in [0.1, 0.15) is 0 Å². The average Bonchev–Trinajstić information content (AvgIpc) is 3.21. The lowest BCUT2D eigenvalue weighted by atomic mass is 9.75. The topological polar surface area (TPSA) is 97.5 Å². The fourth-order valence-electron chi connectivity index (χ4n) is 3.41.